The van der Waals surface area contributed by atoms with Gasteiger partial charge in [-0.25, -0.2) is 8.78 Å². The van der Waals surface area contributed by atoms with E-state index in [0.717, 1.165) is 24.3 Å². The lowest BCUT2D eigenvalue weighted by atomic mass is 10.1. The zero-order valence-corrected chi connectivity index (χ0v) is 17.7. The molecule has 1 aliphatic heterocycles. The first-order valence-corrected chi connectivity index (χ1v) is 10.0. The van der Waals surface area contributed by atoms with Crippen LogP contribution in [0.4, 0.5) is 33.3 Å². The summed E-state index contributed by atoms with van der Waals surface area (Å²) in [6.45, 7) is 3.39. The van der Waals surface area contributed by atoms with Gasteiger partial charge in [-0.2, -0.15) is 13.2 Å². The summed E-state index contributed by atoms with van der Waals surface area (Å²) in [5.41, 5.74) is 0.132. The van der Waals surface area contributed by atoms with E-state index in [2.05, 4.69) is 5.32 Å². The van der Waals surface area contributed by atoms with E-state index in [9.17, 15) is 26.7 Å². The van der Waals surface area contributed by atoms with Crippen molar-refractivity contribution in [1.82, 2.24) is 4.90 Å². The molecule has 174 valence electrons. The summed E-state index contributed by atoms with van der Waals surface area (Å²) in [6, 6.07) is 6.29. The molecule has 2 aromatic carbocycles. The predicted octanol–water partition coefficient (Wildman–Crippen LogP) is 4.45. The van der Waals surface area contributed by atoms with Crippen molar-refractivity contribution in [3.8, 4) is 0 Å². The second-order valence-corrected chi connectivity index (χ2v) is 7.64. The molecule has 1 amide bonds. The molecule has 32 heavy (non-hydrogen) atoms. The van der Waals surface area contributed by atoms with Crippen LogP contribution in [0.5, 0.6) is 0 Å². The Hall–Kier alpha value is -2.72. The number of morpholine rings is 1. The fourth-order valence-electron chi connectivity index (χ4n) is 3.47. The van der Waals surface area contributed by atoms with Crippen LogP contribution in [0.1, 0.15) is 24.1 Å². The summed E-state index contributed by atoms with van der Waals surface area (Å²) in [7, 11) is 1.61. The number of nitrogens with one attached hydrogen (secondary N) is 1. The second-order valence-electron chi connectivity index (χ2n) is 7.64. The molecule has 0 saturated carbocycles. The average Bonchev–Trinajstić information content (AvgIpc) is 2.75. The van der Waals surface area contributed by atoms with Gasteiger partial charge in [-0.05, 0) is 49.9 Å². The van der Waals surface area contributed by atoms with Crippen LogP contribution in [0.25, 0.3) is 0 Å². The van der Waals surface area contributed by atoms with Crippen molar-refractivity contribution in [2.75, 3.05) is 50.1 Å². The van der Waals surface area contributed by atoms with Crippen molar-refractivity contribution in [3.05, 3.63) is 59.2 Å². The van der Waals surface area contributed by atoms with Gasteiger partial charge in [0.25, 0.3) is 0 Å². The SMILES string of the molecule is C[C@@H](c1ccc(F)c(F)c1)N(C)CC(=O)Nc1cc(C(F)(F)F)ccc1N1CCOCC1. The quantitative estimate of drug-likeness (QED) is 0.651. The molecular formula is C22H24F5N3O2. The second kappa shape index (κ2) is 9.83. The Labute approximate surface area is 182 Å². The number of carbonyl (C=O) groups is 1. The van der Waals surface area contributed by atoms with E-state index in [1.807, 2.05) is 4.90 Å². The van der Waals surface area contributed by atoms with E-state index >= 15 is 0 Å². The number of halogens is 5. The molecule has 2 aromatic rings. The summed E-state index contributed by atoms with van der Waals surface area (Å²) in [5, 5.41) is 2.58. The largest absolute Gasteiger partial charge is 0.416 e. The molecule has 5 nitrogen and oxygen atoms in total. The number of likely N-dealkylation sites (N-methyl/N-ethyl adjacent to an activating group) is 1. The molecule has 1 saturated heterocycles. The number of hydrogen-bond acceptors (Lipinski definition) is 4. The van der Waals surface area contributed by atoms with Crippen molar-refractivity contribution in [2.24, 2.45) is 0 Å². The molecule has 0 aliphatic carbocycles. The van der Waals surface area contributed by atoms with E-state index in [4.69, 9.17) is 4.74 Å². The summed E-state index contributed by atoms with van der Waals surface area (Å²) >= 11 is 0. The van der Waals surface area contributed by atoms with Crippen molar-refractivity contribution in [2.45, 2.75) is 19.1 Å². The Morgan fingerprint density at radius 1 is 1.12 bits per heavy atom. The van der Waals surface area contributed by atoms with Gasteiger partial charge in [0.2, 0.25) is 5.91 Å². The van der Waals surface area contributed by atoms with Crippen molar-refractivity contribution in [1.29, 1.82) is 0 Å². The maximum Gasteiger partial charge on any atom is 0.416 e. The summed E-state index contributed by atoms with van der Waals surface area (Å²) in [5.74, 6) is -2.50. The van der Waals surface area contributed by atoms with E-state index in [-0.39, 0.29) is 12.2 Å². The van der Waals surface area contributed by atoms with Crippen LogP contribution >= 0.6 is 0 Å². The number of amides is 1. The predicted molar refractivity (Wildman–Crippen MR) is 111 cm³/mol. The van der Waals surface area contributed by atoms with Gasteiger partial charge in [-0.15, -0.1) is 0 Å². The lowest BCUT2D eigenvalue weighted by molar-refractivity contribution is -0.137. The number of benzene rings is 2. The first-order valence-electron chi connectivity index (χ1n) is 10.0. The Bertz CT molecular complexity index is 961. The molecule has 0 unspecified atom stereocenters. The lowest BCUT2D eigenvalue weighted by Crippen LogP contribution is -2.37. The zero-order chi connectivity index (χ0) is 23.5. The Morgan fingerprint density at radius 3 is 2.44 bits per heavy atom. The molecule has 0 bridgehead atoms. The average molecular weight is 457 g/mol. The van der Waals surface area contributed by atoms with Crippen LogP contribution in [0, 0.1) is 11.6 Å². The molecule has 10 heteroatoms. The third-order valence-electron chi connectivity index (χ3n) is 5.43. The fourth-order valence-corrected chi connectivity index (χ4v) is 3.47. The first-order chi connectivity index (χ1) is 15.1. The van der Waals surface area contributed by atoms with Crippen LogP contribution in [0.2, 0.25) is 0 Å². The van der Waals surface area contributed by atoms with Crippen molar-refractivity contribution < 1.29 is 31.5 Å². The minimum absolute atomic E-state index is 0.0561. The van der Waals surface area contributed by atoms with Gasteiger partial charge in [-0.3, -0.25) is 9.69 Å². The summed E-state index contributed by atoms with van der Waals surface area (Å²) < 4.78 is 71.7. The van der Waals surface area contributed by atoms with Gasteiger partial charge in [0.05, 0.1) is 36.7 Å². The molecule has 1 atom stereocenters. The number of alkyl halides is 3. The van der Waals surface area contributed by atoms with Gasteiger partial charge in [-0.1, -0.05) is 6.07 Å². The molecule has 1 aliphatic rings. The van der Waals surface area contributed by atoms with Crippen LogP contribution in [0.15, 0.2) is 36.4 Å². The maximum absolute atomic E-state index is 13.5. The zero-order valence-electron chi connectivity index (χ0n) is 17.7. The monoisotopic (exact) mass is 457 g/mol. The molecule has 1 N–H and O–H groups in total. The topological polar surface area (TPSA) is 44.8 Å². The van der Waals surface area contributed by atoms with E-state index in [0.29, 0.717) is 37.6 Å². The van der Waals surface area contributed by atoms with E-state index in [1.165, 1.54) is 12.1 Å². The van der Waals surface area contributed by atoms with Gasteiger partial charge in [0.1, 0.15) is 0 Å². The number of carbonyl (C=O) groups excluding carboxylic acids is 1. The fraction of sp³-hybridized carbons (Fsp3) is 0.409. The highest BCUT2D eigenvalue weighted by Gasteiger charge is 2.32. The minimum atomic E-state index is -4.55. The standard InChI is InChI=1S/C22H24F5N3O2/c1-14(15-3-5-17(23)18(24)11-15)29(2)13-21(31)28-19-12-16(22(25,26)27)4-6-20(19)30-7-9-32-10-8-30/h3-6,11-12,14H,7-10,13H2,1-2H3,(H,28,31)/t14-/m0/s1. The van der Waals surface area contributed by atoms with Crippen molar-refractivity contribution in [3.63, 3.8) is 0 Å². The third kappa shape index (κ3) is 5.74. The Kier molecular flexibility index (Phi) is 7.35. The minimum Gasteiger partial charge on any atom is -0.378 e. The van der Waals surface area contributed by atoms with E-state index < -0.39 is 35.3 Å². The molecule has 1 fully saturated rings. The molecule has 3 rings (SSSR count). The van der Waals surface area contributed by atoms with Crippen molar-refractivity contribution >= 4 is 17.3 Å². The molecule has 1 heterocycles. The summed E-state index contributed by atoms with van der Waals surface area (Å²) in [4.78, 5) is 16.1. The molecule has 0 radical (unpaired) electrons. The highest BCUT2D eigenvalue weighted by Crippen LogP contribution is 2.36. The number of anilines is 2. The van der Waals surface area contributed by atoms with Crippen LogP contribution in [-0.4, -0.2) is 50.7 Å². The van der Waals surface area contributed by atoms with Crippen LogP contribution in [-0.2, 0) is 15.7 Å². The number of ether oxygens (including phenoxy) is 1. The van der Waals surface area contributed by atoms with Crippen LogP contribution in [0.3, 0.4) is 0 Å². The molecule has 0 aromatic heterocycles. The normalized spacial score (nSPS) is 15.7. The van der Waals surface area contributed by atoms with Gasteiger partial charge < -0.3 is 15.0 Å². The maximum atomic E-state index is 13.5. The molecular weight excluding hydrogens is 433 g/mol. The number of nitrogens with zero attached hydrogens (tertiary/aromatic N) is 2. The highest BCUT2D eigenvalue weighted by molar-refractivity contribution is 5.95. The third-order valence-corrected chi connectivity index (χ3v) is 5.43. The van der Waals surface area contributed by atoms with Gasteiger partial charge in [0.15, 0.2) is 11.6 Å². The smallest absolute Gasteiger partial charge is 0.378 e. The van der Waals surface area contributed by atoms with Gasteiger partial charge in [0, 0.05) is 19.1 Å². The first kappa shape index (κ1) is 23.9. The van der Waals surface area contributed by atoms with Crippen LogP contribution < -0.4 is 10.2 Å². The Morgan fingerprint density at radius 2 is 1.81 bits per heavy atom. The lowest BCUT2D eigenvalue weighted by Gasteiger charge is -2.31. The van der Waals surface area contributed by atoms with E-state index in [1.54, 1.807) is 18.9 Å². The van der Waals surface area contributed by atoms with Gasteiger partial charge >= 0.3 is 6.18 Å². The Balaban J connectivity index is 1.76. The molecule has 0 spiro atoms. The number of hydrogen-bond donors (Lipinski definition) is 1. The number of rotatable bonds is 6. The summed E-state index contributed by atoms with van der Waals surface area (Å²) in [6.07, 6.45) is -4.55. The highest BCUT2D eigenvalue weighted by atomic mass is 19.4.